The van der Waals surface area contributed by atoms with E-state index in [4.69, 9.17) is 5.11 Å². The van der Waals surface area contributed by atoms with Gasteiger partial charge in [0.2, 0.25) is 0 Å². The van der Waals surface area contributed by atoms with E-state index in [1.54, 1.807) is 0 Å². The second-order valence-electron chi connectivity index (χ2n) is 5.77. The van der Waals surface area contributed by atoms with Gasteiger partial charge >= 0.3 is 5.97 Å². The molecule has 1 aromatic rings. The zero-order valence-electron chi connectivity index (χ0n) is 13.3. The van der Waals surface area contributed by atoms with Gasteiger partial charge in [-0.25, -0.2) is 0 Å². The number of hydrogen-bond acceptors (Lipinski definition) is 4. The predicted octanol–water partition coefficient (Wildman–Crippen LogP) is 1.33. The topological polar surface area (TPSA) is 72.8 Å². The van der Waals surface area contributed by atoms with Crippen LogP contribution in [0.25, 0.3) is 0 Å². The van der Waals surface area contributed by atoms with E-state index >= 15 is 0 Å². The minimum absolute atomic E-state index is 0.109. The van der Waals surface area contributed by atoms with E-state index in [-0.39, 0.29) is 6.42 Å². The highest BCUT2D eigenvalue weighted by molar-refractivity contribution is 5.67. The van der Waals surface area contributed by atoms with Gasteiger partial charge in [0.1, 0.15) is 0 Å². The van der Waals surface area contributed by atoms with Gasteiger partial charge in [-0.1, -0.05) is 23.8 Å². The molecule has 5 nitrogen and oxygen atoms in total. The minimum atomic E-state index is -0.916. The molecule has 21 heavy (non-hydrogen) atoms. The van der Waals surface area contributed by atoms with E-state index in [1.807, 2.05) is 51.0 Å². The summed E-state index contributed by atoms with van der Waals surface area (Å²) in [6.07, 6.45) is -0.939. The quantitative estimate of drug-likeness (QED) is 0.674. The van der Waals surface area contributed by atoms with Gasteiger partial charge in [0.15, 0.2) is 0 Å². The SMILES string of the molecule is Cc1ccc(C(O)C(CC(=O)O)NCCN(C)C)c(C)c1. The second kappa shape index (κ2) is 8.12. The van der Waals surface area contributed by atoms with Crippen molar-refractivity contribution in [3.05, 3.63) is 34.9 Å². The highest BCUT2D eigenvalue weighted by Crippen LogP contribution is 2.23. The van der Waals surface area contributed by atoms with Gasteiger partial charge in [0.05, 0.1) is 12.5 Å². The number of aliphatic carboxylic acids is 1. The molecule has 0 aliphatic carbocycles. The largest absolute Gasteiger partial charge is 0.481 e. The van der Waals surface area contributed by atoms with Crippen LogP contribution in [-0.4, -0.2) is 54.3 Å². The first kappa shape index (κ1) is 17.6. The monoisotopic (exact) mass is 294 g/mol. The second-order valence-corrected chi connectivity index (χ2v) is 5.77. The number of nitrogens with one attached hydrogen (secondary N) is 1. The molecule has 0 saturated carbocycles. The first-order valence-electron chi connectivity index (χ1n) is 7.16. The van der Waals surface area contributed by atoms with Gasteiger partial charge in [-0.3, -0.25) is 4.79 Å². The van der Waals surface area contributed by atoms with Crippen molar-refractivity contribution in [2.75, 3.05) is 27.2 Å². The summed E-state index contributed by atoms with van der Waals surface area (Å²) in [6.45, 7) is 5.35. The summed E-state index contributed by atoms with van der Waals surface area (Å²) in [6, 6.07) is 5.31. The summed E-state index contributed by atoms with van der Waals surface area (Å²) >= 11 is 0. The van der Waals surface area contributed by atoms with Gasteiger partial charge in [-0.15, -0.1) is 0 Å². The Morgan fingerprint density at radius 1 is 1.33 bits per heavy atom. The molecule has 0 amide bonds. The Bertz CT molecular complexity index is 475. The zero-order valence-corrected chi connectivity index (χ0v) is 13.3. The fourth-order valence-electron chi connectivity index (χ4n) is 2.33. The lowest BCUT2D eigenvalue weighted by Crippen LogP contribution is -2.40. The molecule has 1 rings (SSSR count). The fourth-order valence-corrected chi connectivity index (χ4v) is 2.33. The smallest absolute Gasteiger partial charge is 0.305 e. The van der Waals surface area contributed by atoms with E-state index < -0.39 is 18.1 Å². The molecule has 0 saturated heterocycles. The number of hydrogen-bond donors (Lipinski definition) is 3. The lowest BCUT2D eigenvalue weighted by atomic mass is 9.94. The molecule has 0 fully saturated rings. The molecule has 0 bridgehead atoms. The Morgan fingerprint density at radius 3 is 2.52 bits per heavy atom. The van der Waals surface area contributed by atoms with Crippen LogP contribution in [0.1, 0.15) is 29.2 Å². The van der Waals surface area contributed by atoms with Crippen molar-refractivity contribution < 1.29 is 15.0 Å². The number of rotatable bonds is 8. The summed E-state index contributed by atoms with van der Waals surface area (Å²) in [5.74, 6) is -0.916. The predicted molar refractivity (Wildman–Crippen MR) is 83.5 cm³/mol. The lowest BCUT2D eigenvalue weighted by Gasteiger charge is -2.25. The molecule has 0 radical (unpaired) electrons. The van der Waals surface area contributed by atoms with Crippen LogP contribution in [0.5, 0.6) is 0 Å². The summed E-state index contributed by atoms with van der Waals surface area (Å²) in [5.41, 5.74) is 2.88. The Labute approximate surface area is 126 Å². The lowest BCUT2D eigenvalue weighted by molar-refractivity contribution is -0.138. The number of aliphatic hydroxyl groups is 1. The molecule has 1 aromatic carbocycles. The van der Waals surface area contributed by atoms with Crippen molar-refractivity contribution in [2.24, 2.45) is 0 Å². The van der Waals surface area contributed by atoms with Crippen molar-refractivity contribution >= 4 is 5.97 Å². The third-order valence-corrected chi connectivity index (χ3v) is 3.49. The van der Waals surface area contributed by atoms with Crippen molar-refractivity contribution in [1.82, 2.24) is 10.2 Å². The number of likely N-dealkylation sites (N-methyl/N-ethyl adjacent to an activating group) is 1. The molecule has 0 aromatic heterocycles. The van der Waals surface area contributed by atoms with Crippen LogP contribution < -0.4 is 5.32 Å². The number of carboxylic acids is 1. The maximum absolute atomic E-state index is 11.0. The van der Waals surface area contributed by atoms with Crippen LogP contribution in [0.3, 0.4) is 0 Å². The molecule has 118 valence electrons. The highest BCUT2D eigenvalue weighted by atomic mass is 16.4. The van der Waals surface area contributed by atoms with Crippen molar-refractivity contribution in [2.45, 2.75) is 32.4 Å². The van der Waals surface area contributed by atoms with Crippen LogP contribution in [0.4, 0.5) is 0 Å². The van der Waals surface area contributed by atoms with Crippen LogP contribution in [-0.2, 0) is 4.79 Å². The van der Waals surface area contributed by atoms with Crippen molar-refractivity contribution in [3.8, 4) is 0 Å². The van der Waals surface area contributed by atoms with E-state index in [2.05, 4.69) is 5.32 Å². The molecule has 2 unspecified atom stereocenters. The van der Waals surface area contributed by atoms with Crippen LogP contribution in [0.15, 0.2) is 18.2 Å². The maximum atomic E-state index is 11.0. The number of carbonyl (C=O) groups is 1. The van der Waals surface area contributed by atoms with Crippen molar-refractivity contribution in [1.29, 1.82) is 0 Å². The van der Waals surface area contributed by atoms with E-state index in [0.29, 0.717) is 6.54 Å². The van der Waals surface area contributed by atoms with Gasteiger partial charge < -0.3 is 20.4 Å². The number of aryl methyl sites for hydroxylation is 2. The third-order valence-electron chi connectivity index (χ3n) is 3.49. The average molecular weight is 294 g/mol. The highest BCUT2D eigenvalue weighted by Gasteiger charge is 2.24. The van der Waals surface area contributed by atoms with Gasteiger partial charge in [-0.2, -0.15) is 0 Å². The molecular formula is C16H26N2O3. The first-order valence-corrected chi connectivity index (χ1v) is 7.16. The standard InChI is InChI=1S/C16H26N2O3/c1-11-5-6-13(12(2)9-11)16(21)14(10-15(19)20)17-7-8-18(3)4/h5-6,9,14,16-17,21H,7-8,10H2,1-4H3,(H,19,20). The fraction of sp³-hybridized carbons (Fsp3) is 0.562. The molecular weight excluding hydrogens is 268 g/mol. The Morgan fingerprint density at radius 2 is 2.00 bits per heavy atom. The minimum Gasteiger partial charge on any atom is -0.481 e. The molecule has 0 aliphatic heterocycles. The van der Waals surface area contributed by atoms with E-state index in [1.165, 1.54) is 0 Å². The average Bonchev–Trinajstić information content (AvgIpc) is 2.36. The maximum Gasteiger partial charge on any atom is 0.305 e. The molecule has 5 heteroatoms. The summed E-state index contributed by atoms with van der Waals surface area (Å²) in [5, 5.41) is 22.7. The molecule has 2 atom stereocenters. The van der Waals surface area contributed by atoms with Crippen LogP contribution in [0, 0.1) is 13.8 Å². The number of nitrogens with zero attached hydrogens (tertiary/aromatic N) is 1. The van der Waals surface area contributed by atoms with E-state index in [0.717, 1.165) is 23.2 Å². The van der Waals surface area contributed by atoms with Crippen LogP contribution in [0.2, 0.25) is 0 Å². The molecule has 3 N–H and O–H groups in total. The first-order chi connectivity index (χ1) is 9.81. The Kier molecular flexibility index (Phi) is 6.81. The molecule has 0 spiro atoms. The summed E-state index contributed by atoms with van der Waals surface area (Å²) in [7, 11) is 3.91. The third kappa shape index (κ3) is 5.83. The number of benzene rings is 1. The van der Waals surface area contributed by atoms with Gasteiger partial charge in [0, 0.05) is 19.1 Å². The summed E-state index contributed by atoms with van der Waals surface area (Å²) < 4.78 is 0. The molecule has 0 aliphatic rings. The van der Waals surface area contributed by atoms with E-state index in [9.17, 15) is 9.90 Å². The number of aliphatic hydroxyl groups excluding tert-OH is 1. The Balaban J connectivity index is 2.82. The van der Waals surface area contributed by atoms with Crippen molar-refractivity contribution in [3.63, 3.8) is 0 Å². The molecule has 0 heterocycles. The normalized spacial score (nSPS) is 14.2. The number of carboxylic acid groups (broad SMARTS) is 1. The Hall–Kier alpha value is -1.43. The van der Waals surface area contributed by atoms with Gasteiger partial charge in [0.25, 0.3) is 0 Å². The zero-order chi connectivity index (χ0) is 16.0. The van der Waals surface area contributed by atoms with Crippen LogP contribution >= 0.6 is 0 Å². The van der Waals surface area contributed by atoms with Gasteiger partial charge in [-0.05, 0) is 39.1 Å². The summed E-state index contributed by atoms with van der Waals surface area (Å²) in [4.78, 5) is 13.0.